The highest BCUT2D eigenvalue weighted by molar-refractivity contribution is 9.24. The molecule has 0 nitrogen and oxygen atoms in total. The Kier molecular flexibility index (Phi) is 23.8. The van der Waals surface area contributed by atoms with E-state index >= 15 is 0 Å². The van der Waals surface area contributed by atoms with Crippen molar-refractivity contribution in [3.8, 4) is 0 Å². The molecule has 0 aliphatic heterocycles. The SMILES string of the molecule is BrCBr.CCCCCCCBr. The predicted octanol–water partition coefficient (Wildman–Crippen LogP) is 5.09. The van der Waals surface area contributed by atoms with E-state index in [2.05, 4.69) is 54.7 Å². The van der Waals surface area contributed by atoms with E-state index in [0.29, 0.717) is 0 Å². The fraction of sp³-hybridized carbons (Fsp3) is 1.00. The van der Waals surface area contributed by atoms with E-state index in [9.17, 15) is 0 Å². The number of hydrogen-bond acceptors (Lipinski definition) is 0. The van der Waals surface area contributed by atoms with Crippen molar-refractivity contribution in [3.05, 3.63) is 0 Å². The van der Waals surface area contributed by atoms with Crippen molar-refractivity contribution in [1.82, 2.24) is 0 Å². The minimum absolute atomic E-state index is 0.875. The van der Waals surface area contributed by atoms with Crippen LogP contribution in [0.1, 0.15) is 39.0 Å². The lowest BCUT2D eigenvalue weighted by Crippen LogP contribution is -1.76. The van der Waals surface area contributed by atoms with Gasteiger partial charge in [0, 0.05) is 5.33 Å². The molecule has 0 aliphatic carbocycles. The van der Waals surface area contributed by atoms with Crippen LogP contribution in [-0.4, -0.2) is 9.57 Å². The van der Waals surface area contributed by atoms with Gasteiger partial charge in [-0.3, -0.25) is 0 Å². The molecule has 0 heterocycles. The molecule has 0 unspecified atom stereocenters. The number of alkyl halides is 3. The average molecular weight is 353 g/mol. The predicted molar refractivity (Wildman–Crippen MR) is 65.3 cm³/mol. The Hall–Kier alpha value is 1.44. The van der Waals surface area contributed by atoms with Crippen molar-refractivity contribution in [2.75, 3.05) is 9.57 Å². The Morgan fingerprint density at radius 3 is 1.64 bits per heavy atom. The molecular formula is C8H17Br3. The Labute approximate surface area is 95.9 Å². The van der Waals surface area contributed by atoms with Crippen LogP contribution in [0.3, 0.4) is 0 Å². The van der Waals surface area contributed by atoms with Gasteiger partial charge in [0.2, 0.25) is 0 Å². The fourth-order valence-electron chi connectivity index (χ4n) is 0.698. The van der Waals surface area contributed by atoms with Crippen LogP contribution in [0.5, 0.6) is 0 Å². The number of unbranched alkanes of at least 4 members (excludes halogenated alkanes) is 4. The largest absolute Gasteiger partial charge is 0.0928 e. The van der Waals surface area contributed by atoms with Crippen molar-refractivity contribution in [2.24, 2.45) is 0 Å². The first-order valence-electron chi connectivity index (χ1n) is 4.01. The highest BCUT2D eigenvalue weighted by Gasteiger charge is 1.84. The molecule has 3 heteroatoms. The summed E-state index contributed by atoms with van der Waals surface area (Å²) in [6.07, 6.45) is 6.93. The molecule has 0 amide bonds. The molecule has 0 radical (unpaired) electrons. The number of rotatable bonds is 5. The second-order valence-electron chi connectivity index (χ2n) is 2.20. The molecule has 0 rings (SSSR count). The standard InChI is InChI=1S/C7H15Br.CH2Br2/c1-2-3-4-5-6-7-8;2-1-3/h2-7H2,1H3;1H2. The zero-order valence-corrected chi connectivity index (χ0v) is 11.8. The van der Waals surface area contributed by atoms with E-state index in [4.69, 9.17) is 0 Å². The summed E-state index contributed by atoms with van der Waals surface area (Å²) in [5.74, 6) is 0. The van der Waals surface area contributed by atoms with Gasteiger partial charge in [-0.15, -0.1) is 0 Å². The minimum atomic E-state index is 0.875. The lowest BCUT2D eigenvalue weighted by Gasteiger charge is -1.93. The van der Waals surface area contributed by atoms with Gasteiger partial charge >= 0.3 is 0 Å². The Balaban J connectivity index is 0. The summed E-state index contributed by atoms with van der Waals surface area (Å²) in [7, 11) is 0. The summed E-state index contributed by atoms with van der Waals surface area (Å²) in [5, 5.41) is 1.18. The second kappa shape index (κ2) is 17.5. The molecule has 0 N–H and O–H groups in total. The smallest absolute Gasteiger partial charge is 0.0588 e. The van der Waals surface area contributed by atoms with Gasteiger partial charge in [0.25, 0.3) is 0 Å². The van der Waals surface area contributed by atoms with Crippen molar-refractivity contribution in [2.45, 2.75) is 39.0 Å². The quantitative estimate of drug-likeness (QED) is 0.478. The molecule has 0 bridgehead atoms. The average Bonchev–Trinajstić information content (AvgIpc) is 2.00. The van der Waals surface area contributed by atoms with E-state index in [0.717, 1.165) is 4.24 Å². The first-order valence-corrected chi connectivity index (χ1v) is 7.37. The lowest BCUT2D eigenvalue weighted by atomic mass is 10.2. The minimum Gasteiger partial charge on any atom is -0.0928 e. The third kappa shape index (κ3) is 24.6. The van der Waals surface area contributed by atoms with Gasteiger partial charge in [-0.25, -0.2) is 0 Å². The van der Waals surface area contributed by atoms with Crippen LogP contribution in [0.4, 0.5) is 0 Å². The maximum Gasteiger partial charge on any atom is 0.0588 e. The summed E-state index contributed by atoms with van der Waals surface area (Å²) >= 11 is 9.53. The molecule has 70 valence electrons. The van der Waals surface area contributed by atoms with Crippen molar-refractivity contribution in [1.29, 1.82) is 0 Å². The van der Waals surface area contributed by atoms with Crippen molar-refractivity contribution in [3.63, 3.8) is 0 Å². The molecule has 11 heavy (non-hydrogen) atoms. The molecule has 0 saturated carbocycles. The summed E-state index contributed by atoms with van der Waals surface area (Å²) in [4.78, 5) is 0. The molecule has 0 aromatic carbocycles. The van der Waals surface area contributed by atoms with Crippen LogP contribution >= 0.6 is 47.8 Å². The highest BCUT2D eigenvalue weighted by atomic mass is 79.9. The summed E-state index contributed by atoms with van der Waals surface area (Å²) < 4.78 is 0.875. The van der Waals surface area contributed by atoms with Gasteiger partial charge in [-0.2, -0.15) is 0 Å². The molecule has 0 fully saturated rings. The number of hydrogen-bond donors (Lipinski definition) is 0. The third-order valence-electron chi connectivity index (χ3n) is 1.24. The second-order valence-corrected chi connectivity index (χ2v) is 5.62. The van der Waals surface area contributed by atoms with Gasteiger partial charge in [-0.05, 0) is 6.42 Å². The molecule has 0 aliphatic rings. The van der Waals surface area contributed by atoms with Crippen molar-refractivity contribution < 1.29 is 0 Å². The summed E-state index contributed by atoms with van der Waals surface area (Å²) in [6.45, 7) is 2.24. The highest BCUT2D eigenvalue weighted by Crippen LogP contribution is 2.03. The van der Waals surface area contributed by atoms with Crippen LogP contribution in [0.25, 0.3) is 0 Å². The third-order valence-corrected chi connectivity index (χ3v) is 1.80. The van der Waals surface area contributed by atoms with E-state index < -0.39 is 0 Å². The van der Waals surface area contributed by atoms with E-state index in [1.807, 2.05) is 0 Å². The first kappa shape index (κ1) is 14.9. The van der Waals surface area contributed by atoms with Gasteiger partial charge in [0.05, 0.1) is 4.24 Å². The van der Waals surface area contributed by atoms with Gasteiger partial charge in [0.15, 0.2) is 0 Å². The van der Waals surface area contributed by atoms with E-state index in [-0.39, 0.29) is 0 Å². The van der Waals surface area contributed by atoms with Crippen molar-refractivity contribution >= 4 is 47.8 Å². The van der Waals surface area contributed by atoms with Crippen LogP contribution in [0.2, 0.25) is 0 Å². The van der Waals surface area contributed by atoms with Crippen LogP contribution < -0.4 is 0 Å². The topological polar surface area (TPSA) is 0 Å². The maximum absolute atomic E-state index is 3.40. The zero-order valence-electron chi connectivity index (χ0n) is 7.08. The van der Waals surface area contributed by atoms with Crippen LogP contribution in [0.15, 0.2) is 0 Å². The van der Waals surface area contributed by atoms with E-state index in [1.54, 1.807) is 0 Å². The summed E-state index contributed by atoms with van der Waals surface area (Å²) in [6, 6.07) is 0. The maximum atomic E-state index is 3.40. The van der Waals surface area contributed by atoms with Crippen LogP contribution in [-0.2, 0) is 0 Å². The molecule has 0 atom stereocenters. The van der Waals surface area contributed by atoms with Gasteiger partial charge in [0.1, 0.15) is 0 Å². The van der Waals surface area contributed by atoms with Gasteiger partial charge < -0.3 is 0 Å². The molecule has 0 spiro atoms. The van der Waals surface area contributed by atoms with Crippen LogP contribution in [0, 0.1) is 0 Å². The first-order chi connectivity index (χ1) is 5.33. The Morgan fingerprint density at radius 2 is 1.27 bits per heavy atom. The Morgan fingerprint density at radius 1 is 0.818 bits per heavy atom. The lowest BCUT2D eigenvalue weighted by molar-refractivity contribution is 0.660. The monoisotopic (exact) mass is 350 g/mol. The molecule has 0 saturated heterocycles. The fourth-order valence-corrected chi connectivity index (χ4v) is 1.09. The van der Waals surface area contributed by atoms with Gasteiger partial charge in [-0.1, -0.05) is 80.4 Å². The summed E-state index contributed by atoms with van der Waals surface area (Å²) in [5.41, 5.74) is 0. The molecule has 0 aromatic heterocycles. The Bertz CT molecular complexity index is 42.6. The normalized spacial score (nSPS) is 8.73. The van der Waals surface area contributed by atoms with E-state index in [1.165, 1.54) is 37.4 Å². The zero-order chi connectivity index (χ0) is 8.95. The number of halogens is 3. The molecular weight excluding hydrogens is 336 g/mol. The molecule has 0 aromatic rings.